The number of primary amides is 1. The lowest BCUT2D eigenvalue weighted by molar-refractivity contribution is -0.112. The van der Waals surface area contributed by atoms with Crippen LogP contribution in [0.3, 0.4) is 0 Å². The molecule has 2 aromatic heterocycles. The van der Waals surface area contributed by atoms with Gasteiger partial charge in [-0.2, -0.15) is 0 Å². The fourth-order valence-corrected chi connectivity index (χ4v) is 3.54. The first-order valence-corrected chi connectivity index (χ1v) is 7.82. The Hall–Kier alpha value is -2.85. The molecule has 2 bridgehead atoms. The van der Waals surface area contributed by atoms with Crippen LogP contribution in [0.15, 0.2) is 29.0 Å². The van der Waals surface area contributed by atoms with Crippen molar-refractivity contribution < 1.29 is 14.0 Å². The van der Waals surface area contributed by atoms with Crippen molar-refractivity contribution in [3.63, 3.8) is 0 Å². The van der Waals surface area contributed by atoms with Gasteiger partial charge in [-0.25, -0.2) is 0 Å². The Balaban J connectivity index is 1.68. The topological polar surface area (TPSA) is 92.7 Å². The van der Waals surface area contributed by atoms with Crippen molar-refractivity contribution in [2.75, 3.05) is 19.6 Å². The van der Waals surface area contributed by atoms with Crippen LogP contribution in [0.4, 0.5) is 0 Å². The van der Waals surface area contributed by atoms with Gasteiger partial charge in [0.2, 0.25) is 0 Å². The lowest BCUT2D eigenvalue weighted by Gasteiger charge is -2.29. The summed E-state index contributed by atoms with van der Waals surface area (Å²) in [5.74, 6) is 1.56. The molecule has 4 heterocycles. The summed E-state index contributed by atoms with van der Waals surface area (Å²) in [5, 5.41) is 0.826. The maximum atomic E-state index is 12.9. The highest BCUT2D eigenvalue weighted by Crippen LogP contribution is 2.32. The first-order chi connectivity index (χ1) is 11.6. The SMILES string of the molecule is NC(=O)C#CN(C(=O)c1cc2occc2cn1)[C@@H]1CN2CC[C@H]1C2. The van der Waals surface area contributed by atoms with Crippen LogP contribution in [-0.4, -0.2) is 52.3 Å². The van der Waals surface area contributed by atoms with Gasteiger partial charge >= 0.3 is 0 Å². The standard InChI is InChI=1S/C17H16N4O3/c18-16(22)2-5-21(14-10-20-4-1-12(14)9-20)17(23)13-7-15-11(8-19-13)3-6-24-15/h3,6-8,12,14H,1,4,9-10H2,(H2,18,22)/t12-,14+/m0/s1. The third-order valence-electron chi connectivity index (χ3n) is 4.71. The summed E-state index contributed by atoms with van der Waals surface area (Å²) < 4.78 is 5.33. The first-order valence-electron chi connectivity index (χ1n) is 7.82. The number of fused-ring (bicyclic) bond motifs is 3. The zero-order valence-electron chi connectivity index (χ0n) is 12.9. The summed E-state index contributed by atoms with van der Waals surface area (Å²) in [6.07, 6.45) is 4.17. The predicted molar refractivity (Wildman–Crippen MR) is 85.5 cm³/mol. The molecule has 0 aliphatic carbocycles. The van der Waals surface area contributed by atoms with Gasteiger partial charge in [0.15, 0.2) is 0 Å². The average molecular weight is 324 g/mol. The van der Waals surface area contributed by atoms with Crippen LogP contribution in [-0.2, 0) is 4.79 Å². The fourth-order valence-electron chi connectivity index (χ4n) is 3.54. The largest absolute Gasteiger partial charge is 0.464 e. The summed E-state index contributed by atoms with van der Waals surface area (Å²) in [5.41, 5.74) is 5.96. The second-order valence-electron chi connectivity index (χ2n) is 6.18. The van der Waals surface area contributed by atoms with E-state index in [-0.39, 0.29) is 17.6 Å². The summed E-state index contributed by atoms with van der Waals surface area (Å²) in [6.45, 7) is 2.76. The molecule has 2 aliphatic heterocycles. The number of piperidine rings is 1. The van der Waals surface area contributed by atoms with Crippen LogP contribution in [0.25, 0.3) is 11.0 Å². The lowest BCUT2D eigenvalue weighted by Crippen LogP contribution is -2.44. The van der Waals surface area contributed by atoms with E-state index in [0.29, 0.717) is 11.5 Å². The van der Waals surface area contributed by atoms with Crippen molar-refractivity contribution in [2.24, 2.45) is 11.7 Å². The van der Waals surface area contributed by atoms with Crippen LogP contribution < -0.4 is 5.73 Å². The number of nitrogens with two attached hydrogens (primary N) is 1. The van der Waals surface area contributed by atoms with Crippen molar-refractivity contribution in [1.82, 2.24) is 14.8 Å². The Labute approximate surface area is 138 Å². The van der Waals surface area contributed by atoms with Gasteiger partial charge in [0.05, 0.1) is 12.3 Å². The minimum atomic E-state index is -0.759. The Morgan fingerprint density at radius 3 is 3.00 bits per heavy atom. The third kappa shape index (κ3) is 2.51. The van der Waals surface area contributed by atoms with Crippen LogP contribution in [0.2, 0.25) is 0 Å². The monoisotopic (exact) mass is 324 g/mol. The zero-order chi connectivity index (χ0) is 16.7. The minimum absolute atomic E-state index is 0.0489. The van der Waals surface area contributed by atoms with Crippen molar-refractivity contribution in [3.8, 4) is 12.0 Å². The molecule has 2 amide bonds. The Morgan fingerprint density at radius 2 is 2.29 bits per heavy atom. The van der Waals surface area contributed by atoms with Gasteiger partial charge in [0.1, 0.15) is 11.3 Å². The molecule has 0 saturated carbocycles. The Bertz CT molecular complexity index is 879. The molecule has 0 spiro atoms. The quantitative estimate of drug-likeness (QED) is 0.638. The van der Waals surface area contributed by atoms with Gasteiger partial charge in [0, 0.05) is 42.7 Å². The Morgan fingerprint density at radius 1 is 1.42 bits per heavy atom. The number of hydrogen-bond acceptors (Lipinski definition) is 5. The normalized spacial score (nSPS) is 24.6. The molecular formula is C17H16N4O3. The highest BCUT2D eigenvalue weighted by atomic mass is 16.3. The number of furan rings is 1. The van der Waals surface area contributed by atoms with Gasteiger partial charge in [-0.05, 0) is 24.9 Å². The van der Waals surface area contributed by atoms with E-state index in [1.165, 1.54) is 4.90 Å². The van der Waals surface area contributed by atoms with E-state index in [9.17, 15) is 9.59 Å². The molecule has 2 fully saturated rings. The molecule has 2 saturated heterocycles. The van der Waals surface area contributed by atoms with Crippen molar-refractivity contribution >= 4 is 22.8 Å². The van der Waals surface area contributed by atoms with E-state index in [0.717, 1.165) is 31.4 Å². The van der Waals surface area contributed by atoms with Gasteiger partial charge in [-0.1, -0.05) is 0 Å². The molecule has 0 radical (unpaired) electrons. The van der Waals surface area contributed by atoms with Crippen LogP contribution >= 0.6 is 0 Å². The third-order valence-corrected chi connectivity index (χ3v) is 4.71. The van der Waals surface area contributed by atoms with E-state index in [1.807, 2.05) is 0 Å². The highest BCUT2D eigenvalue weighted by molar-refractivity contribution is 5.98. The number of nitrogens with zero attached hydrogens (tertiary/aromatic N) is 3. The van der Waals surface area contributed by atoms with E-state index >= 15 is 0 Å². The van der Waals surface area contributed by atoms with Gasteiger partial charge in [0.25, 0.3) is 11.8 Å². The molecule has 2 N–H and O–H groups in total. The number of hydrogen-bond donors (Lipinski definition) is 1. The molecule has 7 heteroatoms. The van der Waals surface area contributed by atoms with E-state index < -0.39 is 5.91 Å². The predicted octanol–water partition coefficient (Wildman–Crippen LogP) is 0.420. The number of carbonyl (C=O) groups excluding carboxylic acids is 2. The number of amides is 2. The van der Waals surface area contributed by atoms with E-state index in [4.69, 9.17) is 10.2 Å². The van der Waals surface area contributed by atoms with Gasteiger partial charge in [-0.15, -0.1) is 0 Å². The van der Waals surface area contributed by atoms with Crippen LogP contribution in [0, 0.1) is 17.9 Å². The lowest BCUT2D eigenvalue weighted by atomic mass is 9.98. The smallest absolute Gasteiger partial charge is 0.295 e. The summed E-state index contributed by atoms with van der Waals surface area (Å²) in [4.78, 5) is 31.9. The second-order valence-corrected chi connectivity index (χ2v) is 6.18. The molecule has 1 unspecified atom stereocenters. The molecule has 122 valence electrons. The van der Waals surface area contributed by atoms with Crippen molar-refractivity contribution in [1.29, 1.82) is 0 Å². The highest BCUT2D eigenvalue weighted by Gasteiger charge is 2.43. The number of pyridine rings is 1. The molecule has 0 aromatic carbocycles. The molecular weight excluding hydrogens is 308 g/mol. The van der Waals surface area contributed by atoms with Gasteiger partial charge in [-0.3, -0.25) is 19.5 Å². The number of carbonyl (C=O) groups is 2. The molecule has 2 aliphatic rings. The molecule has 2 aromatic rings. The average Bonchev–Trinajstić information content (AvgIpc) is 3.30. The zero-order valence-corrected chi connectivity index (χ0v) is 12.9. The maximum absolute atomic E-state index is 12.9. The Kier molecular flexibility index (Phi) is 3.47. The summed E-state index contributed by atoms with van der Waals surface area (Å²) >= 11 is 0. The molecule has 24 heavy (non-hydrogen) atoms. The first kappa shape index (κ1) is 14.7. The minimum Gasteiger partial charge on any atom is -0.464 e. The number of aromatic nitrogens is 1. The number of rotatable bonds is 2. The fraction of sp³-hybridized carbons (Fsp3) is 0.353. The summed E-state index contributed by atoms with van der Waals surface area (Å²) in [6, 6.07) is 5.98. The van der Waals surface area contributed by atoms with E-state index in [1.54, 1.807) is 24.6 Å². The van der Waals surface area contributed by atoms with Crippen molar-refractivity contribution in [2.45, 2.75) is 12.5 Å². The van der Waals surface area contributed by atoms with Crippen LogP contribution in [0.1, 0.15) is 16.9 Å². The maximum Gasteiger partial charge on any atom is 0.295 e. The summed E-state index contributed by atoms with van der Waals surface area (Å²) in [7, 11) is 0. The molecule has 7 nitrogen and oxygen atoms in total. The van der Waals surface area contributed by atoms with Gasteiger partial charge < -0.3 is 15.1 Å². The van der Waals surface area contributed by atoms with Crippen molar-refractivity contribution in [3.05, 3.63) is 30.3 Å². The molecule has 4 rings (SSSR count). The van der Waals surface area contributed by atoms with E-state index in [2.05, 4.69) is 21.8 Å². The van der Waals surface area contributed by atoms with Crippen LogP contribution in [0.5, 0.6) is 0 Å². The second kappa shape index (κ2) is 5.65. The molecule has 3 atom stereocenters.